The molecule has 3 nitrogen and oxygen atoms in total. The quantitative estimate of drug-likeness (QED) is 0.641. The molecule has 1 fully saturated rings. The molecule has 0 bridgehead atoms. The van der Waals surface area contributed by atoms with E-state index in [2.05, 4.69) is 4.90 Å². The number of rotatable bonds is 3. The molecule has 3 heteroatoms. The number of piperidine rings is 1. The van der Waals surface area contributed by atoms with E-state index in [9.17, 15) is 5.11 Å². The largest absolute Gasteiger partial charge is 0.395 e. The van der Waals surface area contributed by atoms with Crippen molar-refractivity contribution in [3.63, 3.8) is 0 Å². The first-order valence-electron chi connectivity index (χ1n) is 4.77. The van der Waals surface area contributed by atoms with Crippen molar-refractivity contribution >= 4 is 0 Å². The molecule has 0 spiro atoms. The molecule has 0 radical (unpaired) electrons. The predicted octanol–water partition coefficient (Wildman–Crippen LogP) is 0.214. The molecule has 2 atom stereocenters. The van der Waals surface area contributed by atoms with Crippen LogP contribution in [0.1, 0.15) is 26.2 Å². The maximum absolute atomic E-state index is 9.19. The summed E-state index contributed by atoms with van der Waals surface area (Å²) in [5.74, 6) is 0. The normalized spacial score (nSPS) is 28.8. The van der Waals surface area contributed by atoms with Gasteiger partial charge in [0.15, 0.2) is 0 Å². The second-order valence-corrected chi connectivity index (χ2v) is 3.68. The molecule has 0 aromatic heterocycles. The van der Waals surface area contributed by atoms with Crippen LogP contribution >= 0.6 is 0 Å². The van der Waals surface area contributed by atoms with Crippen LogP contribution in [-0.4, -0.2) is 47.0 Å². The van der Waals surface area contributed by atoms with Crippen LogP contribution in [0.15, 0.2) is 0 Å². The maximum atomic E-state index is 9.19. The van der Waals surface area contributed by atoms with Crippen LogP contribution < -0.4 is 0 Å². The second-order valence-electron chi connectivity index (χ2n) is 3.68. The highest BCUT2D eigenvalue weighted by molar-refractivity contribution is 4.77. The van der Waals surface area contributed by atoms with Gasteiger partial charge < -0.3 is 10.2 Å². The highest BCUT2D eigenvalue weighted by Gasteiger charge is 2.21. The van der Waals surface area contributed by atoms with Crippen molar-refractivity contribution in [3.8, 4) is 0 Å². The number of aliphatic hydroxyl groups excluding tert-OH is 2. The highest BCUT2D eigenvalue weighted by atomic mass is 16.3. The first-order valence-corrected chi connectivity index (χ1v) is 4.77. The monoisotopic (exact) mass is 173 g/mol. The zero-order valence-corrected chi connectivity index (χ0v) is 7.74. The number of likely N-dealkylation sites (tertiary alicyclic amines) is 1. The van der Waals surface area contributed by atoms with E-state index in [0.717, 1.165) is 13.0 Å². The zero-order chi connectivity index (χ0) is 8.97. The van der Waals surface area contributed by atoms with Gasteiger partial charge >= 0.3 is 0 Å². The summed E-state index contributed by atoms with van der Waals surface area (Å²) >= 11 is 0. The van der Waals surface area contributed by atoms with E-state index in [1.54, 1.807) is 6.92 Å². The van der Waals surface area contributed by atoms with Gasteiger partial charge in [-0.15, -0.1) is 0 Å². The summed E-state index contributed by atoms with van der Waals surface area (Å²) < 4.78 is 0. The Labute approximate surface area is 74.0 Å². The van der Waals surface area contributed by atoms with E-state index in [0.29, 0.717) is 6.54 Å². The van der Waals surface area contributed by atoms with Crippen LogP contribution in [0.5, 0.6) is 0 Å². The van der Waals surface area contributed by atoms with Crippen molar-refractivity contribution in [3.05, 3.63) is 0 Å². The van der Waals surface area contributed by atoms with Crippen LogP contribution in [0.2, 0.25) is 0 Å². The van der Waals surface area contributed by atoms with Crippen molar-refractivity contribution in [2.45, 2.75) is 38.3 Å². The molecule has 1 saturated heterocycles. The Morgan fingerprint density at radius 3 is 2.83 bits per heavy atom. The van der Waals surface area contributed by atoms with E-state index < -0.39 is 0 Å². The fourth-order valence-corrected chi connectivity index (χ4v) is 1.85. The van der Waals surface area contributed by atoms with Crippen LogP contribution in [0.25, 0.3) is 0 Å². The summed E-state index contributed by atoms with van der Waals surface area (Å²) in [6.07, 6.45) is 3.20. The number of hydrogen-bond donors (Lipinski definition) is 2. The minimum atomic E-state index is -0.280. The fourth-order valence-electron chi connectivity index (χ4n) is 1.85. The standard InChI is InChI=1S/C9H19NO2/c1-8(12)6-10-5-3-2-4-9(10)7-11/h8-9,11-12H,2-7H2,1H3/t8?,9-/m0/s1. The second kappa shape index (κ2) is 4.80. The van der Waals surface area contributed by atoms with Crippen molar-refractivity contribution in [2.75, 3.05) is 19.7 Å². The molecular weight excluding hydrogens is 154 g/mol. The third-order valence-electron chi connectivity index (χ3n) is 2.46. The molecule has 2 N–H and O–H groups in total. The van der Waals surface area contributed by atoms with Gasteiger partial charge in [0.25, 0.3) is 0 Å². The zero-order valence-electron chi connectivity index (χ0n) is 7.74. The Morgan fingerprint density at radius 2 is 2.25 bits per heavy atom. The summed E-state index contributed by atoms with van der Waals surface area (Å²) in [4.78, 5) is 2.19. The van der Waals surface area contributed by atoms with E-state index >= 15 is 0 Å². The molecule has 0 amide bonds. The first-order chi connectivity index (χ1) is 5.74. The van der Waals surface area contributed by atoms with E-state index in [1.165, 1.54) is 12.8 Å². The van der Waals surface area contributed by atoms with E-state index in [-0.39, 0.29) is 18.8 Å². The lowest BCUT2D eigenvalue weighted by Gasteiger charge is -2.35. The molecule has 0 aromatic rings. The first kappa shape index (κ1) is 9.96. The average Bonchev–Trinajstić information content (AvgIpc) is 2.04. The maximum Gasteiger partial charge on any atom is 0.0639 e. The molecule has 12 heavy (non-hydrogen) atoms. The lowest BCUT2D eigenvalue weighted by Crippen LogP contribution is -2.44. The molecule has 1 aliphatic rings. The number of hydrogen-bond acceptors (Lipinski definition) is 3. The van der Waals surface area contributed by atoms with Gasteiger partial charge in [0, 0.05) is 12.6 Å². The van der Waals surface area contributed by atoms with Crippen LogP contribution in [0.4, 0.5) is 0 Å². The molecule has 72 valence electrons. The SMILES string of the molecule is CC(O)CN1CCCC[C@H]1CO. The lowest BCUT2D eigenvalue weighted by atomic mass is 10.0. The van der Waals surface area contributed by atoms with E-state index in [1.807, 2.05) is 0 Å². The molecule has 0 aliphatic carbocycles. The van der Waals surface area contributed by atoms with Gasteiger partial charge in [-0.05, 0) is 26.3 Å². The Morgan fingerprint density at radius 1 is 1.50 bits per heavy atom. The molecular formula is C9H19NO2. The minimum Gasteiger partial charge on any atom is -0.395 e. The van der Waals surface area contributed by atoms with E-state index in [4.69, 9.17) is 5.11 Å². The van der Waals surface area contributed by atoms with Crippen molar-refractivity contribution < 1.29 is 10.2 Å². The number of β-amino-alcohol motifs (C(OH)–C–C–N with tert-alkyl or cyclic N) is 1. The predicted molar refractivity (Wildman–Crippen MR) is 48.0 cm³/mol. The molecule has 1 heterocycles. The summed E-state index contributed by atoms with van der Waals surface area (Å²) in [5, 5.41) is 18.2. The topological polar surface area (TPSA) is 43.7 Å². The average molecular weight is 173 g/mol. The van der Waals surface area contributed by atoms with Gasteiger partial charge in [-0.1, -0.05) is 6.42 Å². The van der Waals surface area contributed by atoms with Crippen LogP contribution in [-0.2, 0) is 0 Å². The Bertz CT molecular complexity index is 128. The number of nitrogens with zero attached hydrogens (tertiary/aromatic N) is 1. The fraction of sp³-hybridized carbons (Fsp3) is 1.00. The summed E-state index contributed by atoms with van der Waals surface area (Å²) in [6.45, 7) is 3.75. The van der Waals surface area contributed by atoms with Crippen LogP contribution in [0, 0.1) is 0 Å². The van der Waals surface area contributed by atoms with Crippen molar-refractivity contribution in [2.24, 2.45) is 0 Å². The van der Waals surface area contributed by atoms with Crippen molar-refractivity contribution in [1.29, 1.82) is 0 Å². The van der Waals surface area contributed by atoms with Crippen molar-refractivity contribution in [1.82, 2.24) is 4.90 Å². The van der Waals surface area contributed by atoms with Gasteiger partial charge in [-0.3, -0.25) is 4.90 Å². The molecule has 1 unspecified atom stereocenters. The molecule has 1 rings (SSSR count). The molecule has 1 aliphatic heterocycles. The lowest BCUT2D eigenvalue weighted by molar-refractivity contribution is 0.0484. The molecule has 0 aromatic carbocycles. The Hall–Kier alpha value is -0.120. The summed E-state index contributed by atoms with van der Waals surface area (Å²) in [7, 11) is 0. The Balaban J connectivity index is 2.36. The summed E-state index contributed by atoms with van der Waals surface area (Å²) in [5.41, 5.74) is 0. The summed E-state index contributed by atoms with van der Waals surface area (Å²) in [6, 6.07) is 0.286. The van der Waals surface area contributed by atoms with Gasteiger partial charge in [0.2, 0.25) is 0 Å². The smallest absolute Gasteiger partial charge is 0.0639 e. The Kier molecular flexibility index (Phi) is 3.98. The third-order valence-corrected chi connectivity index (χ3v) is 2.46. The van der Waals surface area contributed by atoms with Gasteiger partial charge in [-0.25, -0.2) is 0 Å². The van der Waals surface area contributed by atoms with Gasteiger partial charge in [0.05, 0.1) is 12.7 Å². The molecule has 0 saturated carbocycles. The third kappa shape index (κ3) is 2.73. The van der Waals surface area contributed by atoms with Crippen LogP contribution in [0.3, 0.4) is 0 Å². The highest BCUT2D eigenvalue weighted by Crippen LogP contribution is 2.16. The minimum absolute atomic E-state index is 0.229. The van der Waals surface area contributed by atoms with Gasteiger partial charge in [-0.2, -0.15) is 0 Å². The van der Waals surface area contributed by atoms with Gasteiger partial charge in [0.1, 0.15) is 0 Å². The number of aliphatic hydroxyl groups is 2.